The van der Waals surface area contributed by atoms with Gasteiger partial charge in [0.05, 0.1) is 0 Å². The molecule has 0 unspecified atom stereocenters. The number of benzene rings is 2. The normalized spacial score (nSPS) is 11.3. The van der Waals surface area contributed by atoms with Crippen LogP contribution in [-0.4, -0.2) is 45.3 Å². The lowest BCUT2D eigenvalue weighted by atomic mass is 10.1. The number of phenolic OH excluding ortho intramolecular Hbond substituents is 4. The number of nitriles is 2. The second-order valence-corrected chi connectivity index (χ2v) is 9.18. The average Bonchev–Trinajstić information content (AvgIpc) is 2.94. The highest BCUT2D eigenvalue weighted by molar-refractivity contribution is 6.02. The van der Waals surface area contributed by atoms with Crippen LogP contribution in [0.15, 0.2) is 47.5 Å². The van der Waals surface area contributed by atoms with Gasteiger partial charge in [-0.3, -0.25) is 9.59 Å². The van der Waals surface area contributed by atoms with Crippen LogP contribution in [0.3, 0.4) is 0 Å². The van der Waals surface area contributed by atoms with Gasteiger partial charge in [-0.05, 0) is 60.4 Å². The fourth-order valence-corrected chi connectivity index (χ4v) is 3.80. The summed E-state index contributed by atoms with van der Waals surface area (Å²) in [7, 11) is 0. The molecule has 0 radical (unpaired) electrons. The number of hydrogen-bond donors (Lipinski definition) is 6. The van der Waals surface area contributed by atoms with Gasteiger partial charge in [0.15, 0.2) is 23.0 Å². The van der Waals surface area contributed by atoms with Crippen molar-refractivity contribution < 1.29 is 30.0 Å². The average molecular weight is 547 g/mol. The molecule has 0 aliphatic rings. The van der Waals surface area contributed by atoms with Gasteiger partial charge < -0.3 is 31.1 Å². The second kappa shape index (κ2) is 16.8. The van der Waals surface area contributed by atoms with Gasteiger partial charge in [-0.1, -0.05) is 50.7 Å². The van der Waals surface area contributed by atoms with Gasteiger partial charge in [0, 0.05) is 13.1 Å². The van der Waals surface area contributed by atoms with Gasteiger partial charge in [0.2, 0.25) is 0 Å². The number of nitrogens with one attached hydrogen (secondary N) is 2. The van der Waals surface area contributed by atoms with E-state index in [-0.39, 0.29) is 34.1 Å². The van der Waals surface area contributed by atoms with Crippen LogP contribution in [0.1, 0.15) is 62.5 Å². The van der Waals surface area contributed by atoms with E-state index in [0.717, 1.165) is 51.4 Å². The number of hydrogen-bond acceptors (Lipinski definition) is 8. The fourth-order valence-electron chi connectivity index (χ4n) is 3.80. The van der Waals surface area contributed by atoms with Crippen LogP contribution in [0, 0.1) is 22.7 Å². The van der Waals surface area contributed by atoms with Gasteiger partial charge in [0.25, 0.3) is 11.8 Å². The van der Waals surface area contributed by atoms with Gasteiger partial charge >= 0.3 is 0 Å². The van der Waals surface area contributed by atoms with Crippen molar-refractivity contribution in [3.8, 4) is 35.1 Å². The highest BCUT2D eigenvalue weighted by Gasteiger charge is 2.10. The first-order valence-electron chi connectivity index (χ1n) is 13.1. The summed E-state index contributed by atoms with van der Waals surface area (Å²) in [6, 6.07) is 11.8. The first-order chi connectivity index (χ1) is 19.2. The number of carbonyl (C=O) groups is 2. The van der Waals surface area contributed by atoms with E-state index in [0.29, 0.717) is 24.2 Å². The lowest BCUT2D eigenvalue weighted by molar-refractivity contribution is -0.117. The number of nitrogens with zero attached hydrogens (tertiary/aromatic N) is 2. The summed E-state index contributed by atoms with van der Waals surface area (Å²) in [6.45, 7) is 0.900. The largest absolute Gasteiger partial charge is 0.504 e. The Balaban J connectivity index is 1.54. The summed E-state index contributed by atoms with van der Waals surface area (Å²) in [4.78, 5) is 24.4. The van der Waals surface area contributed by atoms with Gasteiger partial charge in [0.1, 0.15) is 23.3 Å². The lowest BCUT2D eigenvalue weighted by Gasteiger charge is -2.06. The molecule has 2 amide bonds. The smallest absolute Gasteiger partial charge is 0.261 e. The molecule has 2 rings (SSSR count). The molecule has 2 aromatic carbocycles. The van der Waals surface area contributed by atoms with Crippen LogP contribution in [0.25, 0.3) is 12.2 Å². The van der Waals surface area contributed by atoms with Crippen molar-refractivity contribution in [2.75, 3.05) is 13.1 Å². The number of carbonyl (C=O) groups excluding carboxylic acids is 2. The molecule has 2 aromatic rings. The summed E-state index contributed by atoms with van der Waals surface area (Å²) in [5, 5.41) is 61.7. The molecule has 6 N–H and O–H groups in total. The predicted molar refractivity (Wildman–Crippen MR) is 150 cm³/mol. The first kappa shape index (κ1) is 31.3. The molecule has 10 nitrogen and oxygen atoms in total. The zero-order chi connectivity index (χ0) is 29.3. The van der Waals surface area contributed by atoms with E-state index in [1.54, 1.807) is 0 Å². The SMILES string of the molecule is N#CC(=Cc1ccc(O)c(O)c1)C(=O)NCCCCCCCCCCNC(=O)C(C#N)=Cc1ccc(O)c(O)c1. The molecule has 0 aromatic heterocycles. The minimum atomic E-state index is -0.487. The maximum Gasteiger partial charge on any atom is 0.261 e. The van der Waals surface area contributed by atoms with Crippen molar-refractivity contribution in [1.29, 1.82) is 10.5 Å². The Bertz CT molecular complexity index is 1220. The maximum absolute atomic E-state index is 12.2. The van der Waals surface area contributed by atoms with E-state index in [1.807, 2.05) is 12.1 Å². The minimum absolute atomic E-state index is 0.0845. The molecule has 0 heterocycles. The summed E-state index contributed by atoms with van der Waals surface area (Å²) >= 11 is 0. The molecule has 0 spiro atoms. The second-order valence-electron chi connectivity index (χ2n) is 9.18. The minimum Gasteiger partial charge on any atom is -0.504 e. The highest BCUT2D eigenvalue weighted by Crippen LogP contribution is 2.26. The van der Waals surface area contributed by atoms with Crippen molar-refractivity contribution in [2.45, 2.75) is 51.4 Å². The third-order valence-electron chi connectivity index (χ3n) is 6.03. The maximum atomic E-state index is 12.2. The summed E-state index contributed by atoms with van der Waals surface area (Å²) < 4.78 is 0. The monoisotopic (exact) mass is 546 g/mol. The van der Waals surface area contributed by atoms with E-state index in [9.17, 15) is 40.5 Å². The topological polar surface area (TPSA) is 187 Å². The predicted octanol–water partition coefficient (Wildman–Crippen LogP) is 4.38. The van der Waals surface area contributed by atoms with Crippen LogP contribution < -0.4 is 10.6 Å². The molecule has 40 heavy (non-hydrogen) atoms. The molecule has 0 bridgehead atoms. The molecule has 10 heteroatoms. The summed E-state index contributed by atoms with van der Waals surface area (Å²) in [5.74, 6) is -2.19. The Morgan fingerprint density at radius 1 is 0.600 bits per heavy atom. The molecule has 210 valence electrons. The summed E-state index contributed by atoms with van der Waals surface area (Å²) in [6.07, 6.45) is 10.3. The molecule has 0 aliphatic heterocycles. The molecule has 0 saturated carbocycles. The van der Waals surface area contributed by atoms with Gasteiger partial charge in [-0.2, -0.15) is 10.5 Å². The van der Waals surface area contributed by atoms with Gasteiger partial charge in [-0.15, -0.1) is 0 Å². The quantitative estimate of drug-likeness (QED) is 0.0822. The van der Waals surface area contributed by atoms with Crippen molar-refractivity contribution in [2.24, 2.45) is 0 Å². The zero-order valence-corrected chi connectivity index (χ0v) is 22.2. The van der Waals surface area contributed by atoms with Crippen molar-refractivity contribution in [3.05, 3.63) is 58.7 Å². The molecule has 0 aliphatic carbocycles. The van der Waals surface area contributed by atoms with Gasteiger partial charge in [-0.25, -0.2) is 0 Å². The van der Waals surface area contributed by atoms with E-state index in [1.165, 1.54) is 48.6 Å². The Labute approximate surface area is 233 Å². The number of rotatable bonds is 15. The van der Waals surface area contributed by atoms with Crippen molar-refractivity contribution in [1.82, 2.24) is 10.6 Å². The van der Waals surface area contributed by atoms with E-state index >= 15 is 0 Å². The van der Waals surface area contributed by atoms with Crippen LogP contribution in [0.2, 0.25) is 0 Å². The van der Waals surface area contributed by atoms with Crippen LogP contribution in [-0.2, 0) is 9.59 Å². The molecular formula is C30H34N4O6. The third kappa shape index (κ3) is 10.8. The van der Waals surface area contributed by atoms with E-state index < -0.39 is 11.8 Å². The van der Waals surface area contributed by atoms with Crippen LogP contribution in [0.4, 0.5) is 0 Å². The van der Waals surface area contributed by atoms with Crippen LogP contribution in [0.5, 0.6) is 23.0 Å². The zero-order valence-electron chi connectivity index (χ0n) is 22.2. The first-order valence-corrected chi connectivity index (χ1v) is 13.1. The number of aromatic hydroxyl groups is 4. The fraction of sp³-hybridized carbons (Fsp3) is 0.333. The molecule has 0 atom stereocenters. The van der Waals surface area contributed by atoms with E-state index in [4.69, 9.17) is 0 Å². The van der Waals surface area contributed by atoms with Crippen LogP contribution >= 0.6 is 0 Å². The highest BCUT2D eigenvalue weighted by atomic mass is 16.3. The number of amides is 2. The Kier molecular flexibility index (Phi) is 13.1. The Hall–Kier alpha value is -4.96. The van der Waals surface area contributed by atoms with Crippen molar-refractivity contribution >= 4 is 24.0 Å². The number of phenols is 4. The standard InChI is InChI=1S/C30H34N4O6/c31-19-23(15-21-9-11-25(35)27(37)17-21)29(39)33-13-7-5-3-1-2-4-6-8-14-34-30(40)24(20-32)16-22-10-12-26(36)28(38)18-22/h9-12,15-18,35-38H,1-8,13-14H2,(H,33,39)(H,34,40). The van der Waals surface area contributed by atoms with Crippen molar-refractivity contribution in [3.63, 3.8) is 0 Å². The lowest BCUT2D eigenvalue weighted by Crippen LogP contribution is -2.25. The molecule has 0 saturated heterocycles. The Morgan fingerprint density at radius 3 is 1.27 bits per heavy atom. The summed E-state index contributed by atoms with van der Waals surface area (Å²) in [5.41, 5.74) is 0.693. The molecular weight excluding hydrogens is 512 g/mol. The van der Waals surface area contributed by atoms with E-state index in [2.05, 4.69) is 10.6 Å². The third-order valence-corrected chi connectivity index (χ3v) is 6.03. The molecule has 0 fully saturated rings. The Morgan fingerprint density at radius 2 is 0.950 bits per heavy atom. The number of unbranched alkanes of at least 4 members (excludes halogenated alkanes) is 7.